The maximum Gasteiger partial charge on any atom is 0.191 e. The van der Waals surface area contributed by atoms with E-state index >= 15 is 0 Å². The van der Waals surface area contributed by atoms with Gasteiger partial charge in [0.1, 0.15) is 12.2 Å². The van der Waals surface area contributed by atoms with Crippen molar-refractivity contribution >= 4 is 17.6 Å². The summed E-state index contributed by atoms with van der Waals surface area (Å²) in [5.41, 5.74) is 1.23. The minimum atomic E-state index is 0.726. The molecule has 1 aromatic heterocycles. The van der Waals surface area contributed by atoms with Gasteiger partial charge in [-0.1, -0.05) is 30.7 Å². The van der Waals surface area contributed by atoms with Gasteiger partial charge in [0.2, 0.25) is 0 Å². The molecule has 130 valence electrons. The fourth-order valence-corrected chi connectivity index (χ4v) is 2.45. The van der Waals surface area contributed by atoms with E-state index in [-0.39, 0.29) is 0 Å². The number of guanidine groups is 1. The van der Waals surface area contributed by atoms with Gasteiger partial charge in [-0.2, -0.15) is 0 Å². The lowest BCUT2D eigenvalue weighted by Gasteiger charge is -2.12. The van der Waals surface area contributed by atoms with Crippen molar-refractivity contribution in [2.75, 3.05) is 19.6 Å². The zero-order valence-electron chi connectivity index (χ0n) is 14.3. The molecule has 1 aromatic carbocycles. The number of halogens is 1. The van der Waals surface area contributed by atoms with E-state index in [0.717, 1.165) is 55.8 Å². The first kappa shape index (κ1) is 18.3. The predicted molar refractivity (Wildman–Crippen MR) is 98.5 cm³/mol. The van der Waals surface area contributed by atoms with Crippen LogP contribution in [0.3, 0.4) is 0 Å². The molecule has 0 radical (unpaired) electrons. The lowest BCUT2D eigenvalue weighted by molar-refractivity contribution is 0.632. The minimum absolute atomic E-state index is 0.726. The van der Waals surface area contributed by atoms with Crippen LogP contribution >= 0.6 is 11.6 Å². The smallest absolute Gasteiger partial charge is 0.191 e. The molecule has 2 rings (SSSR count). The second-order valence-corrected chi connectivity index (χ2v) is 5.79. The van der Waals surface area contributed by atoms with Gasteiger partial charge in [0, 0.05) is 37.6 Å². The number of benzene rings is 1. The highest BCUT2D eigenvalue weighted by Crippen LogP contribution is 2.09. The SMILES string of the molecule is CCNC(=NCCc1ccc(Cl)cc1)NCCn1cnnc1CC. The van der Waals surface area contributed by atoms with Gasteiger partial charge < -0.3 is 15.2 Å². The summed E-state index contributed by atoms with van der Waals surface area (Å²) < 4.78 is 2.06. The van der Waals surface area contributed by atoms with Gasteiger partial charge >= 0.3 is 0 Å². The molecule has 2 aromatic rings. The number of rotatable bonds is 8. The molecule has 0 aliphatic carbocycles. The number of hydrogen-bond donors (Lipinski definition) is 2. The van der Waals surface area contributed by atoms with Gasteiger partial charge in [-0.15, -0.1) is 10.2 Å². The maximum absolute atomic E-state index is 5.90. The van der Waals surface area contributed by atoms with Crippen molar-refractivity contribution in [2.24, 2.45) is 4.99 Å². The normalized spacial score (nSPS) is 11.5. The quantitative estimate of drug-likeness (QED) is 0.567. The van der Waals surface area contributed by atoms with Gasteiger partial charge in [0.15, 0.2) is 5.96 Å². The highest BCUT2D eigenvalue weighted by Gasteiger charge is 2.02. The molecule has 0 aliphatic rings. The topological polar surface area (TPSA) is 67.1 Å². The Morgan fingerprint density at radius 1 is 1.21 bits per heavy atom. The molecular formula is C17H25ClN6. The third kappa shape index (κ3) is 5.85. The van der Waals surface area contributed by atoms with Gasteiger partial charge in [-0.25, -0.2) is 0 Å². The van der Waals surface area contributed by atoms with Crippen LogP contribution in [0.25, 0.3) is 0 Å². The van der Waals surface area contributed by atoms with E-state index < -0.39 is 0 Å². The molecule has 0 amide bonds. The van der Waals surface area contributed by atoms with Crippen LogP contribution in [0.5, 0.6) is 0 Å². The van der Waals surface area contributed by atoms with Crippen LogP contribution in [0.4, 0.5) is 0 Å². The third-order valence-corrected chi connectivity index (χ3v) is 3.84. The molecule has 0 fully saturated rings. The van der Waals surface area contributed by atoms with Crippen molar-refractivity contribution in [1.29, 1.82) is 0 Å². The van der Waals surface area contributed by atoms with E-state index in [4.69, 9.17) is 11.6 Å². The van der Waals surface area contributed by atoms with E-state index in [1.807, 2.05) is 24.3 Å². The van der Waals surface area contributed by atoms with Gasteiger partial charge in [-0.3, -0.25) is 4.99 Å². The summed E-state index contributed by atoms with van der Waals surface area (Å²) >= 11 is 5.90. The van der Waals surface area contributed by atoms with Gasteiger partial charge in [-0.05, 0) is 31.0 Å². The Morgan fingerprint density at radius 3 is 2.71 bits per heavy atom. The largest absolute Gasteiger partial charge is 0.357 e. The number of aliphatic imine (C=N–C) groups is 1. The molecular weight excluding hydrogens is 324 g/mol. The molecule has 2 N–H and O–H groups in total. The summed E-state index contributed by atoms with van der Waals surface area (Å²) in [6.45, 7) is 7.29. The molecule has 0 spiro atoms. The lowest BCUT2D eigenvalue weighted by atomic mass is 10.1. The first-order chi connectivity index (χ1) is 11.7. The molecule has 0 unspecified atom stereocenters. The monoisotopic (exact) mass is 348 g/mol. The highest BCUT2D eigenvalue weighted by atomic mass is 35.5. The molecule has 0 aliphatic heterocycles. The van der Waals surface area contributed by atoms with Crippen molar-refractivity contribution in [1.82, 2.24) is 25.4 Å². The van der Waals surface area contributed by atoms with E-state index in [1.165, 1.54) is 5.56 Å². The Kier molecular flexibility index (Phi) is 7.55. The number of hydrogen-bond acceptors (Lipinski definition) is 3. The summed E-state index contributed by atoms with van der Waals surface area (Å²) in [6.07, 6.45) is 3.54. The van der Waals surface area contributed by atoms with Crippen LogP contribution in [-0.2, 0) is 19.4 Å². The van der Waals surface area contributed by atoms with Crippen LogP contribution in [0.15, 0.2) is 35.6 Å². The third-order valence-electron chi connectivity index (χ3n) is 3.58. The summed E-state index contributed by atoms with van der Waals surface area (Å²) in [4.78, 5) is 4.61. The predicted octanol–water partition coefficient (Wildman–Crippen LogP) is 2.29. The van der Waals surface area contributed by atoms with Gasteiger partial charge in [0.25, 0.3) is 0 Å². The fraction of sp³-hybridized carbons (Fsp3) is 0.471. The van der Waals surface area contributed by atoms with Crippen molar-refractivity contribution in [3.8, 4) is 0 Å². The summed E-state index contributed by atoms with van der Waals surface area (Å²) in [5, 5.41) is 15.4. The maximum atomic E-state index is 5.90. The van der Waals surface area contributed by atoms with Crippen LogP contribution in [0.2, 0.25) is 5.02 Å². The summed E-state index contributed by atoms with van der Waals surface area (Å²) in [6, 6.07) is 7.90. The molecule has 1 heterocycles. The van der Waals surface area contributed by atoms with Crippen LogP contribution in [0.1, 0.15) is 25.2 Å². The average molecular weight is 349 g/mol. The first-order valence-electron chi connectivity index (χ1n) is 8.36. The van der Waals surface area contributed by atoms with Crippen molar-refractivity contribution in [2.45, 2.75) is 33.2 Å². The second-order valence-electron chi connectivity index (χ2n) is 5.36. The molecule has 0 atom stereocenters. The number of aromatic nitrogens is 3. The molecule has 7 heteroatoms. The minimum Gasteiger partial charge on any atom is -0.357 e. The number of aryl methyl sites for hydroxylation is 1. The fourth-order valence-electron chi connectivity index (χ4n) is 2.32. The van der Waals surface area contributed by atoms with E-state index in [2.05, 4.69) is 44.2 Å². The Morgan fingerprint density at radius 2 is 2.00 bits per heavy atom. The number of nitrogens with one attached hydrogen (secondary N) is 2. The Hall–Kier alpha value is -2.08. The van der Waals surface area contributed by atoms with Crippen LogP contribution < -0.4 is 10.6 Å². The molecule has 0 bridgehead atoms. The molecule has 0 saturated carbocycles. The molecule has 24 heavy (non-hydrogen) atoms. The zero-order chi connectivity index (χ0) is 17.2. The number of nitrogens with zero attached hydrogens (tertiary/aromatic N) is 4. The molecule has 6 nitrogen and oxygen atoms in total. The Balaban J connectivity index is 1.80. The Bertz CT molecular complexity index is 635. The summed E-state index contributed by atoms with van der Waals surface area (Å²) in [7, 11) is 0. The average Bonchev–Trinajstić information content (AvgIpc) is 3.04. The van der Waals surface area contributed by atoms with Gasteiger partial charge in [0.05, 0.1) is 0 Å². The first-order valence-corrected chi connectivity index (χ1v) is 8.74. The van der Waals surface area contributed by atoms with E-state index in [9.17, 15) is 0 Å². The van der Waals surface area contributed by atoms with Crippen molar-refractivity contribution in [3.63, 3.8) is 0 Å². The van der Waals surface area contributed by atoms with Crippen LogP contribution in [-0.4, -0.2) is 40.4 Å². The zero-order valence-corrected chi connectivity index (χ0v) is 15.1. The summed E-state index contributed by atoms with van der Waals surface area (Å²) in [5.74, 6) is 1.83. The van der Waals surface area contributed by atoms with E-state index in [0.29, 0.717) is 0 Å². The van der Waals surface area contributed by atoms with Crippen molar-refractivity contribution < 1.29 is 0 Å². The van der Waals surface area contributed by atoms with Crippen LogP contribution in [0, 0.1) is 0 Å². The van der Waals surface area contributed by atoms with E-state index in [1.54, 1.807) is 6.33 Å². The van der Waals surface area contributed by atoms with Crippen molar-refractivity contribution in [3.05, 3.63) is 47.0 Å². The lowest BCUT2D eigenvalue weighted by Crippen LogP contribution is -2.39. The molecule has 0 saturated heterocycles. The highest BCUT2D eigenvalue weighted by molar-refractivity contribution is 6.30. The standard InChI is InChI=1S/C17H25ClN6/c1-3-16-23-22-13-24(16)12-11-21-17(19-4-2)20-10-9-14-5-7-15(18)8-6-14/h5-8,13H,3-4,9-12H2,1-2H3,(H2,19,20,21). The Labute approximate surface area is 148 Å². The second kappa shape index (κ2) is 9.93.